The number of rotatable bonds is 2. The highest BCUT2D eigenvalue weighted by molar-refractivity contribution is 7.81. The standard InChI is InChI=1S/C9H6FNO3S/c10-15(12,13)14-9-2-1-7-3-4-11-6-8(7)5-9/h1-6H. The molecule has 0 N–H and O–H groups in total. The molecule has 78 valence electrons. The lowest BCUT2D eigenvalue weighted by Gasteiger charge is -2.01. The Bertz CT molecular complexity index is 597. The van der Waals surface area contributed by atoms with Crippen molar-refractivity contribution in [3.05, 3.63) is 36.7 Å². The number of benzene rings is 1. The predicted molar refractivity (Wildman–Crippen MR) is 52.4 cm³/mol. The van der Waals surface area contributed by atoms with Crippen LogP contribution in [0, 0.1) is 0 Å². The van der Waals surface area contributed by atoms with Crippen molar-refractivity contribution in [3.63, 3.8) is 0 Å². The van der Waals surface area contributed by atoms with Crippen LogP contribution < -0.4 is 4.18 Å². The third kappa shape index (κ3) is 2.41. The molecule has 4 nitrogen and oxygen atoms in total. The average molecular weight is 227 g/mol. The minimum atomic E-state index is -4.97. The van der Waals surface area contributed by atoms with Gasteiger partial charge in [0.1, 0.15) is 5.75 Å². The summed E-state index contributed by atoms with van der Waals surface area (Å²) in [6.07, 6.45) is 3.14. The Balaban J connectivity index is 2.48. The van der Waals surface area contributed by atoms with Gasteiger partial charge in [-0.15, -0.1) is 0 Å². The zero-order chi connectivity index (χ0) is 10.9. The SMILES string of the molecule is O=S(=O)(F)Oc1ccc2ccncc2c1. The van der Waals surface area contributed by atoms with Crippen LogP contribution in [0.2, 0.25) is 0 Å². The van der Waals surface area contributed by atoms with Gasteiger partial charge in [0.15, 0.2) is 0 Å². The number of pyridine rings is 1. The summed E-state index contributed by atoms with van der Waals surface area (Å²) in [4.78, 5) is 3.85. The molecule has 1 aromatic carbocycles. The molecule has 0 bridgehead atoms. The van der Waals surface area contributed by atoms with Crippen LogP contribution in [-0.2, 0) is 10.5 Å². The summed E-state index contributed by atoms with van der Waals surface area (Å²) in [7, 11) is -4.97. The number of aromatic nitrogens is 1. The first-order valence-electron chi connectivity index (χ1n) is 4.02. The van der Waals surface area contributed by atoms with E-state index in [0.29, 0.717) is 5.39 Å². The van der Waals surface area contributed by atoms with E-state index in [4.69, 9.17) is 0 Å². The molecule has 2 rings (SSSR count). The van der Waals surface area contributed by atoms with Crippen LogP contribution in [-0.4, -0.2) is 13.4 Å². The van der Waals surface area contributed by atoms with Gasteiger partial charge in [0.2, 0.25) is 0 Å². The monoisotopic (exact) mass is 227 g/mol. The highest BCUT2D eigenvalue weighted by Gasteiger charge is 2.09. The van der Waals surface area contributed by atoms with Gasteiger partial charge in [-0.3, -0.25) is 4.98 Å². The fourth-order valence-electron chi connectivity index (χ4n) is 1.23. The molecule has 0 saturated carbocycles. The van der Waals surface area contributed by atoms with E-state index in [1.807, 2.05) is 0 Å². The van der Waals surface area contributed by atoms with Crippen molar-refractivity contribution in [2.24, 2.45) is 0 Å². The maximum Gasteiger partial charge on any atom is 0.488 e. The van der Waals surface area contributed by atoms with Crippen molar-refractivity contribution in [1.82, 2.24) is 4.98 Å². The lowest BCUT2D eigenvalue weighted by atomic mass is 10.2. The molecular weight excluding hydrogens is 221 g/mol. The number of nitrogens with zero attached hydrogens (tertiary/aromatic N) is 1. The quantitative estimate of drug-likeness (QED) is 0.734. The highest BCUT2D eigenvalue weighted by Crippen LogP contribution is 2.21. The highest BCUT2D eigenvalue weighted by atomic mass is 32.3. The fraction of sp³-hybridized carbons (Fsp3) is 0. The topological polar surface area (TPSA) is 56.3 Å². The zero-order valence-electron chi connectivity index (χ0n) is 7.42. The molecule has 1 heterocycles. The summed E-state index contributed by atoms with van der Waals surface area (Å²) in [5.41, 5.74) is 0. The molecule has 15 heavy (non-hydrogen) atoms. The largest absolute Gasteiger partial charge is 0.488 e. The number of hydrogen-bond acceptors (Lipinski definition) is 4. The lowest BCUT2D eigenvalue weighted by Crippen LogP contribution is -2.00. The van der Waals surface area contributed by atoms with E-state index in [1.165, 1.54) is 18.3 Å². The van der Waals surface area contributed by atoms with Crippen molar-refractivity contribution in [2.45, 2.75) is 0 Å². The second-order valence-electron chi connectivity index (χ2n) is 2.86. The molecular formula is C9H6FNO3S. The van der Waals surface area contributed by atoms with Crippen molar-refractivity contribution in [1.29, 1.82) is 0 Å². The van der Waals surface area contributed by atoms with Gasteiger partial charge in [-0.1, -0.05) is 9.95 Å². The Morgan fingerprint density at radius 2 is 2.00 bits per heavy atom. The molecule has 6 heteroatoms. The molecule has 0 unspecified atom stereocenters. The van der Waals surface area contributed by atoms with Crippen LogP contribution in [0.25, 0.3) is 10.8 Å². The normalized spacial score (nSPS) is 11.5. The van der Waals surface area contributed by atoms with E-state index in [-0.39, 0.29) is 5.75 Å². The summed E-state index contributed by atoms with van der Waals surface area (Å²) in [6, 6.07) is 6.15. The fourth-order valence-corrected chi connectivity index (χ4v) is 1.56. The average Bonchev–Trinajstić information content (AvgIpc) is 2.15. The van der Waals surface area contributed by atoms with E-state index in [2.05, 4.69) is 9.17 Å². The van der Waals surface area contributed by atoms with Crippen LogP contribution in [0.4, 0.5) is 3.89 Å². The summed E-state index contributed by atoms with van der Waals surface area (Å²) in [6.45, 7) is 0. The van der Waals surface area contributed by atoms with Gasteiger partial charge in [0.05, 0.1) is 0 Å². The number of hydrogen-bond donors (Lipinski definition) is 0. The number of halogens is 1. The molecule has 0 aliphatic carbocycles. The van der Waals surface area contributed by atoms with Crippen molar-refractivity contribution >= 4 is 21.3 Å². The predicted octanol–water partition coefficient (Wildman–Crippen LogP) is 1.83. The minimum absolute atomic E-state index is 0.0713. The van der Waals surface area contributed by atoms with Crippen molar-refractivity contribution < 1.29 is 16.5 Å². The third-order valence-electron chi connectivity index (χ3n) is 1.81. The Hall–Kier alpha value is -1.69. The van der Waals surface area contributed by atoms with Crippen LogP contribution in [0.15, 0.2) is 36.7 Å². The van der Waals surface area contributed by atoms with Crippen LogP contribution in [0.5, 0.6) is 5.75 Å². The molecule has 1 aromatic heterocycles. The van der Waals surface area contributed by atoms with E-state index in [9.17, 15) is 12.3 Å². The third-order valence-corrected chi connectivity index (χ3v) is 2.20. The lowest BCUT2D eigenvalue weighted by molar-refractivity contribution is 0.440. The number of fused-ring (bicyclic) bond motifs is 1. The first-order chi connectivity index (χ1) is 7.04. The molecule has 0 spiro atoms. The first-order valence-corrected chi connectivity index (χ1v) is 5.33. The Morgan fingerprint density at radius 1 is 1.20 bits per heavy atom. The van der Waals surface area contributed by atoms with E-state index < -0.39 is 10.5 Å². The Kier molecular flexibility index (Phi) is 2.28. The Morgan fingerprint density at radius 3 is 2.73 bits per heavy atom. The van der Waals surface area contributed by atoms with Gasteiger partial charge >= 0.3 is 10.5 Å². The van der Waals surface area contributed by atoms with E-state index in [0.717, 1.165) is 5.39 Å². The summed E-state index contributed by atoms with van der Waals surface area (Å²) >= 11 is 0. The second kappa shape index (κ2) is 3.47. The van der Waals surface area contributed by atoms with Gasteiger partial charge < -0.3 is 4.18 Å². The van der Waals surface area contributed by atoms with Gasteiger partial charge in [0, 0.05) is 17.8 Å². The molecule has 0 aliphatic heterocycles. The summed E-state index contributed by atoms with van der Waals surface area (Å²) < 4.78 is 36.8. The minimum Gasteiger partial charge on any atom is -0.358 e. The molecule has 0 radical (unpaired) electrons. The summed E-state index contributed by atoms with van der Waals surface area (Å²) in [5.74, 6) is -0.0713. The van der Waals surface area contributed by atoms with Crippen LogP contribution >= 0.6 is 0 Å². The maximum atomic E-state index is 12.2. The van der Waals surface area contributed by atoms with Gasteiger partial charge in [-0.25, -0.2) is 0 Å². The molecule has 0 fully saturated rings. The van der Waals surface area contributed by atoms with E-state index >= 15 is 0 Å². The smallest absolute Gasteiger partial charge is 0.358 e. The maximum absolute atomic E-state index is 12.2. The second-order valence-corrected chi connectivity index (χ2v) is 3.81. The molecule has 2 aromatic rings. The van der Waals surface area contributed by atoms with Crippen LogP contribution in [0.3, 0.4) is 0 Å². The molecule has 0 saturated heterocycles. The molecule has 0 aliphatic rings. The molecule has 0 amide bonds. The van der Waals surface area contributed by atoms with Crippen molar-refractivity contribution in [2.75, 3.05) is 0 Å². The van der Waals surface area contributed by atoms with Gasteiger partial charge in [0.25, 0.3) is 0 Å². The Labute approximate surface area is 85.7 Å². The van der Waals surface area contributed by atoms with Gasteiger partial charge in [-0.05, 0) is 23.6 Å². The van der Waals surface area contributed by atoms with E-state index in [1.54, 1.807) is 18.3 Å². The molecule has 0 atom stereocenters. The van der Waals surface area contributed by atoms with Crippen molar-refractivity contribution in [3.8, 4) is 5.75 Å². The van der Waals surface area contributed by atoms with Gasteiger partial charge in [-0.2, -0.15) is 8.42 Å². The zero-order valence-corrected chi connectivity index (χ0v) is 8.24. The van der Waals surface area contributed by atoms with Crippen LogP contribution in [0.1, 0.15) is 0 Å². The summed E-state index contributed by atoms with van der Waals surface area (Å²) in [5, 5.41) is 1.55. The first kappa shape index (κ1) is 9.85.